The minimum Gasteiger partial charge on any atom is -0.545 e. The zero-order valence-electron chi connectivity index (χ0n) is 17.9. The molecule has 0 aromatic heterocycles. The van der Waals surface area contributed by atoms with Crippen molar-refractivity contribution in [2.45, 2.75) is 6.61 Å². The number of nitrogens with one attached hydrogen (secondary N) is 1. The predicted octanol–water partition coefficient (Wildman–Crippen LogP) is 3.39. The molecule has 172 valence electrons. The molecule has 1 heterocycles. The number of carboxylic acids is 1. The van der Waals surface area contributed by atoms with Gasteiger partial charge in [-0.1, -0.05) is 48.0 Å². The molecule has 3 aromatic rings. The van der Waals surface area contributed by atoms with E-state index in [1.165, 1.54) is 31.4 Å². The normalized spacial score (nSPS) is 14.3. The number of hydrogen-bond acceptors (Lipinski definition) is 6. The van der Waals surface area contributed by atoms with E-state index in [1.54, 1.807) is 48.5 Å². The number of urea groups is 1. The maximum absolute atomic E-state index is 12.8. The lowest BCUT2D eigenvalue weighted by Gasteiger charge is -2.12. The number of hydrogen-bond donors (Lipinski definition) is 1. The van der Waals surface area contributed by atoms with Gasteiger partial charge in [-0.05, 0) is 53.1 Å². The maximum Gasteiger partial charge on any atom is 0.333 e. The molecule has 0 aliphatic carbocycles. The van der Waals surface area contributed by atoms with Crippen LogP contribution in [0.5, 0.6) is 11.5 Å². The summed E-state index contributed by atoms with van der Waals surface area (Å²) in [5.41, 5.74) is 1.93. The average Bonchev–Trinajstić information content (AvgIpc) is 3.10. The quantitative estimate of drug-likeness (QED) is 0.413. The SMILES string of the molecule is COc1cc(C=C2NC(=O)N(c3cccc(Cl)c3)C2=O)ccc1OCc1ccc(C(=O)[O-])cc1. The summed E-state index contributed by atoms with van der Waals surface area (Å²) in [6, 6.07) is 17.1. The molecule has 1 fully saturated rings. The summed E-state index contributed by atoms with van der Waals surface area (Å²) in [6.45, 7) is 0.188. The first-order valence-corrected chi connectivity index (χ1v) is 10.5. The van der Waals surface area contributed by atoms with Gasteiger partial charge in [-0.2, -0.15) is 0 Å². The molecule has 9 heteroatoms. The van der Waals surface area contributed by atoms with Gasteiger partial charge in [0.1, 0.15) is 12.3 Å². The second-order valence-electron chi connectivity index (χ2n) is 7.29. The summed E-state index contributed by atoms with van der Waals surface area (Å²) in [4.78, 5) is 37.1. The van der Waals surface area contributed by atoms with Crippen LogP contribution < -0.4 is 24.8 Å². The smallest absolute Gasteiger partial charge is 0.333 e. The Balaban J connectivity index is 1.50. The van der Waals surface area contributed by atoms with Gasteiger partial charge in [0.15, 0.2) is 11.5 Å². The largest absolute Gasteiger partial charge is 0.545 e. The van der Waals surface area contributed by atoms with E-state index in [9.17, 15) is 19.5 Å². The molecule has 0 spiro atoms. The molecule has 0 atom stereocenters. The maximum atomic E-state index is 12.8. The molecule has 3 amide bonds. The molecule has 4 rings (SSSR count). The fraction of sp³-hybridized carbons (Fsp3) is 0.0800. The van der Waals surface area contributed by atoms with Crippen molar-refractivity contribution in [2.75, 3.05) is 12.0 Å². The number of imide groups is 1. The van der Waals surface area contributed by atoms with Gasteiger partial charge in [-0.25, -0.2) is 9.69 Å². The molecule has 1 aliphatic rings. The highest BCUT2D eigenvalue weighted by molar-refractivity contribution is 6.32. The fourth-order valence-electron chi connectivity index (χ4n) is 3.34. The highest BCUT2D eigenvalue weighted by Gasteiger charge is 2.34. The number of ether oxygens (including phenoxy) is 2. The topological polar surface area (TPSA) is 108 Å². The van der Waals surface area contributed by atoms with E-state index in [0.29, 0.717) is 27.8 Å². The lowest BCUT2D eigenvalue weighted by molar-refractivity contribution is -0.255. The van der Waals surface area contributed by atoms with Crippen molar-refractivity contribution < 1.29 is 29.0 Å². The Morgan fingerprint density at radius 2 is 1.82 bits per heavy atom. The van der Waals surface area contributed by atoms with Gasteiger partial charge in [0.25, 0.3) is 5.91 Å². The molecular weight excluding hydrogens is 460 g/mol. The van der Waals surface area contributed by atoms with Crippen molar-refractivity contribution in [2.24, 2.45) is 0 Å². The minimum absolute atomic E-state index is 0.0844. The highest BCUT2D eigenvalue weighted by Crippen LogP contribution is 2.31. The molecule has 0 unspecified atom stereocenters. The van der Waals surface area contributed by atoms with Crippen LogP contribution in [0.25, 0.3) is 6.08 Å². The van der Waals surface area contributed by atoms with Crippen LogP contribution in [-0.4, -0.2) is 25.0 Å². The first-order valence-electron chi connectivity index (χ1n) is 10.1. The van der Waals surface area contributed by atoms with Crippen molar-refractivity contribution in [3.63, 3.8) is 0 Å². The Bertz CT molecular complexity index is 1300. The third-order valence-electron chi connectivity index (χ3n) is 5.03. The second kappa shape index (κ2) is 9.68. The van der Waals surface area contributed by atoms with Gasteiger partial charge < -0.3 is 24.7 Å². The Labute approximate surface area is 200 Å². The summed E-state index contributed by atoms with van der Waals surface area (Å²) in [5, 5.41) is 13.8. The number of rotatable bonds is 7. The van der Waals surface area contributed by atoms with Crippen LogP contribution in [0.2, 0.25) is 5.02 Å². The molecule has 0 bridgehead atoms. The number of nitrogens with zero attached hydrogens (tertiary/aromatic N) is 1. The van der Waals surface area contributed by atoms with Crippen molar-refractivity contribution in [3.05, 3.63) is 94.1 Å². The molecule has 34 heavy (non-hydrogen) atoms. The van der Waals surface area contributed by atoms with Gasteiger partial charge >= 0.3 is 6.03 Å². The van der Waals surface area contributed by atoms with Gasteiger partial charge in [0, 0.05) is 5.02 Å². The molecule has 1 N–H and O–H groups in total. The summed E-state index contributed by atoms with van der Waals surface area (Å²) >= 11 is 5.98. The van der Waals surface area contributed by atoms with Crippen molar-refractivity contribution >= 4 is 41.3 Å². The number of carboxylic acid groups (broad SMARTS) is 1. The third-order valence-corrected chi connectivity index (χ3v) is 5.26. The third kappa shape index (κ3) is 4.87. The molecule has 1 aliphatic heterocycles. The van der Waals surface area contributed by atoms with Crippen LogP contribution in [-0.2, 0) is 11.4 Å². The zero-order valence-corrected chi connectivity index (χ0v) is 18.7. The number of halogens is 1. The van der Waals surface area contributed by atoms with E-state index in [-0.39, 0.29) is 17.9 Å². The van der Waals surface area contributed by atoms with E-state index in [4.69, 9.17) is 21.1 Å². The van der Waals surface area contributed by atoms with E-state index in [1.807, 2.05) is 0 Å². The van der Waals surface area contributed by atoms with Crippen LogP contribution >= 0.6 is 11.6 Å². The lowest BCUT2D eigenvalue weighted by Crippen LogP contribution is -2.30. The first-order chi connectivity index (χ1) is 16.4. The Kier molecular flexibility index (Phi) is 6.51. The summed E-state index contributed by atoms with van der Waals surface area (Å²) in [6.07, 6.45) is 1.54. The van der Waals surface area contributed by atoms with Crippen LogP contribution in [0.4, 0.5) is 10.5 Å². The summed E-state index contributed by atoms with van der Waals surface area (Å²) < 4.78 is 11.2. The molecule has 8 nitrogen and oxygen atoms in total. The average molecular weight is 478 g/mol. The van der Waals surface area contributed by atoms with Gasteiger partial charge in [0.2, 0.25) is 0 Å². The molecular formula is C25H18ClN2O6-. The van der Waals surface area contributed by atoms with E-state index in [2.05, 4.69) is 5.32 Å². The first kappa shape index (κ1) is 22.9. The predicted molar refractivity (Wildman–Crippen MR) is 124 cm³/mol. The Morgan fingerprint density at radius 1 is 1.06 bits per heavy atom. The number of carbonyl (C=O) groups excluding carboxylic acids is 3. The fourth-order valence-corrected chi connectivity index (χ4v) is 3.53. The summed E-state index contributed by atoms with van der Waals surface area (Å²) in [5.74, 6) is -0.877. The Hall–Kier alpha value is -4.30. The van der Waals surface area contributed by atoms with Crippen molar-refractivity contribution in [3.8, 4) is 11.5 Å². The van der Waals surface area contributed by atoms with E-state index >= 15 is 0 Å². The van der Waals surface area contributed by atoms with Gasteiger partial charge in [0.05, 0.1) is 18.8 Å². The molecule has 1 saturated heterocycles. The number of carbonyl (C=O) groups is 3. The zero-order chi connectivity index (χ0) is 24.2. The highest BCUT2D eigenvalue weighted by atomic mass is 35.5. The number of anilines is 1. The standard InChI is InChI=1S/C25H19ClN2O6/c1-33-22-12-16(7-10-21(22)34-14-15-5-8-17(9-6-15)24(30)31)11-20-23(29)28(25(32)27-20)19-4-2-3-18(26)13-19/h2-13H,14H2,1H3,(H,27,32)(H,30,31)/p-1. The summed E-state index contributed by atoms with van der Waals surface area (Å²) in [7, 11) is 1.48. The van der Waals surface area contributed by atoms with Crippen molar-refractivity contribution in [1.29, 1.82) is 0 Å². The van der Waals surface area contributed by atoms with Crippen LogP contribution in [0.3, 0.4) is 0 Å². The number of aromatic carboxylic acids is 1. The van der Waals surface area contributed by atoms with Gasteiger partial charge in [-0.15, -0.1) is 0 Å². The van der Waals surface area contributed by atoms with E-state index in [0.717, 1.165) is 10.5 Å². The molecule has 3 aromatic carbocycles. The van der Waals surface area contributed by atoms with Crippen LogP contribution in [0.15, 0.2) is 72.4 Å². The van der Waals surface area contributed by atoms with E-state index < -0.39 is 17.9 Å². The van der Waals surface area contributed by atoms with Crippen LogP contribution in [0.1, 0.15) is 21.5 Å². The number of methoxy groups -OCH3 is 1. The van der Waals surface area contributed by atoms with Gasteiger partial charge in [-0.3, -0.25) is 4.79 Å². The Morgan fingerprint density at radius 3 is 2.50 bits per heavy atom. The monoisotopic (exact) mass is 477 g/mol. The number of benzene rings is 3. The number of amides is 3. The van der Waals surface area contributed by atoms with Crippen molar-refractivity contribution in [1.82, 2.24) is 5.32 Å². The molecule has 0 radical (unpaired) electrons. The van der Waals surface area contributed by atoms with Crippen LogP contribution in [0, 0.1) is 0 Å². The molecule has 0 saturated carbocycles. The lowest BCUT2D eigenvalue weighted by atomic mass is 10.1. The second-order valence-corrected chi connectivity index (χ2v) is 7.73. The minimum atomic E-state index is -1.24.